The second-order valence-electron chi connectivity index (χ2n) is 4.26. The van der Waals surface area contributed by atoms with Gasteiger partial charge in [-0.05, 0) is 24.6 Å². The van der Waals surface area contributed by atoms with Crippen molar-refractivity contribution in [1.29, 1.82) is 0 Å². The van der Waals surface area contributed by atoms with E-state index >= 15 is 0 Å². The molecule has 0 aliphatic rings. The van der Waals surface area contributed by atoms with Crippen LogP contribution < -0.4 is 0 Å². The van der Waals surface area contributed by atoms with Crippen LogP contribution in [0.15, 0.2) is 48.5 Å². The molecule has 2 aromatic rings. The summed E-state index contributed by atoms with van der Waals surface area (Å²) < 4.78 is 6.13. The van der Waals surface area contributed by atoms with Crippen LogP contribution in [0.25, 0.3) is 6.08 Å². The molecule has 0 bridgehead atoms. The fourth-order valence-electron chi connectivity index (χ4n) is 1.67. The van der Waals surface area contributed by atoms with Crippen molar-refractivity contribution >= 4 is 34.8 Å². The minimum Gasteiger partial charge on any atom is -0.366 e. The van der Waals surface area contributed by atoms with Gasteiger partial charge in [-0.25, -0.2) is 0 Å². The van der Waals surface area contributed by atoms with Crippen LogP contribution in [0.3, 0.4) is 0 Å². The molecule has 1 aromatic carbocycles. The lowest BCUT2D eigenvalue weighted by Crippen LogP contribution is -2.19. The molecule has 0 radical (unpaired) electrons. The highest BCUT2D eigenvalue weighted by Crippen LogP contribution is 2.23. The molecule has 0 fully saturated rings. The SMILES string of the molecule is CC(OCC=Cc1ccccc1)C(=O)c1ccc(Cl)s1. The van der Waals surface area contributed by atoms with Gasteiger partial charge in [0, 0.05) is 0 Å². The summed E-state index contributed by atoms with van der Waals surface area (Å²) in [5, 5.41) is 0. The molecule has 2 nitrogen and oxygen atoms in total. The van der Waals surface area contributed by atoms with Crippen LogP contribution in [-0.2, 0) is 4.74 Å². The average Bonchev–Trinajstić information content (AvgIpc) is 2.90. The molecule has 104 valence electrons. The van der Waals surface area contributed by atoms with Crippen LogP contribution in [0.1, 0.15) is 22.2 Å². The highest BCUT2D eigenvalue weighted by atomic mass is 35.5. The summed E-state index contributed by atoms with van der Waals surface area (Å²) in [5.41, 5.74) is 1.11. The Hall–Kier alpha value is -1.42. The quantitative estimate of drug-likeness (QED) is 0.723. The van der Waals surface area contributed by atoms with Gasteiger partial charge in [0.05, 0.1) is 15.8 Å². The summed E-state index contributed by atoms with van der Waals surface area (Å²) in [6.45, 7) is 2.16. The Labute approximate surface area is 127 Å². The normalized spacial score (nSPS) is 12.7. The van der Waals surface area contributed by atoms with Crippen molar-refractivity contribution in [2.24, 2.45) is 0 Å². The summed E-state index contributed by atoms with van der Waals surface area (Å²) in [5.74, 6) is -0.0324. The predicted molar refractivity (Wildman–Crippen MR) is 84.5 cm³/mol. The first kappa shape index (κ1) is 15.0. The zero-order valence-corrected chi connectivity index (χ0v) is 12.7. The number of carbonyl (C=O) groups excluding carboxylic acids is 1. The molecule has 0 saturated carbocycles. The molecule has 20 heavy (non-hydrogen) atoms. The minimum atomic E-state index is -0.467. The van der Waals surface area contributed by atoms with E-state index in [0.29, 0.717) is 15.8 Å². The Bertz CT molecular complexity index is 590. The Morgan fingerprint density at radius 3 is 2.70 bits per heavy atom. The molecule has 1 atom stereocenters. The summed E-state index contributed by atoms with van der Waals surface area (Å²) in [6.07, 6.45) is 3.41. The van der Waals surface area contributed by atoms with Gasteiger partial charge >= 0.3 is 0 Å². The molecule has 0 amide bonds. The molecular weight excluding hydrogens is 292 g/mol. The number of rotatable bonds is 6. The van der Waals surface area contributed by atoms with Gasteiger partial charge in [-0.15, -0.1) is 11.3 Å². The van der Waals surface area contributed by atoms with Gasteiger partial charge in [0.1, 0.15) is 6.10 Å². The van der Waals surface area contributed by atoms with Crippen molar-refractivity contribution in [2.45, 2.75) is 13.0 Å². The molecule has 0 aliphatic heterocycles. The van der Waals surface area contributed by atoms with Crippen molar-refractivity contribution in [1.82, 2.24) is 0 Å². The van der Waals surface area contributed by atoms with Crippen LogP contribution in [-0.4, -0.2) is 18.5 Å². The maximum absolute atomic E-state index is 12.0. The predicted octanol–water partition coefficient (Wildman–Crippen LogP) is 4.70. The largest absolute Gasteiger partial charge is 0.366 e. The molecule has 1 aromatic heterocycles. The molecule has 4 heteroatoms. The molecule has 0 spiro atoms. The zero-order chi connectivity index (χ0) is 14.4. The van der Waals surface area contributed by atoms with E-state index in [9.17, 15) is 4.79 Å². The van der Waals surface area contributed by atoms with E-state index in [1.807, 2.05) is 42.5 Å². The number of carbonyl (C=O) groups is 1. The number of halogens is 1. The van der Waals surface area contributed by atoms with Crippen molar-refractivity contribution in [3.63, 3.8) is 0 Å². The van der Waals surface area contributed by atoms with E-state index in [1.54, 1.807) is 19.1 Å². The van der Waals surface area contributed by atoms with Crippen LogP contribution in [0.5, 0.6) is 0 Å². The van der Waals surface area contributed by atoms with Crippen LogP contribution in [0, 0.1) is 0 Å². The average molecular weight is 307 g/mol. The Kier molecular flexibility index (Phi) is 5.53. The third-order valence-electron chi connectivity index (χ3n) is 2.74. The number of Topliss-reactive ketones (excluding diaryl/α,β-unsaturated/α-hetero) is 1. The third-order valence-corrected chi connectivity index (χ3v) is 3.98. The van der Waals surface area contributed by atoms with Crippen LogP contribution >= 0.6 is 22.9 Å². The smallest absolute Gasteiger partial charge is 0.201 e. The van der Waals surface area contributed by atoms with Crippen LogP contribution in [0.4, 0.5) is 0 Å². The summed E-state index contributed by atoms with van der Waals surface area (Å²) >= 11 is 7.10. The van der Waals surface area contributed by atoms with Gasteiger partial charge in [-0.2, -0.15) is 0 Å². The first-order valence-electron chi connectivity index (χ1n) is 6.29. The molecule has 0 aliphatic carbocycles. The molecule has 0 saturated heterocycles. The summed E-state index contributed by atoms with van der Waals surface area (Å²) in [6, 6.07) is 13.4. The standard InChI is InChI=1S/C16H15ClO2S/c1-12(16(18)14-9-10-15(17)20-14)19-11-5-8-13-6-3-2-4-7-13/h2-10,12H,11H2,1H3. The number of hydrogen-bond acceptors (Lipinski definition) is 3. The monoisotopic (exact) mass is 306 g/mol. The summed E-state index contributed by atoms with van der Waals surface area (Å²) in [7, 11) is 0. The Morgan fingerprint density at radius 2 is 2.05 bits per heavy atom. The second kappa shape index (κ2) is 7.39. The second-order valence-corrected chi connectivity index (χ2v) is 5.97. The zero-order valence-electron chi connectivity index (χ0n) is 11.1. The highest BCUT2D eigenvalue weighted by molar-refractivity contribution is 7.18. The first-order valence-corrected chi connectivity index (χ1v) is 7.49. The number of benzene rings is 1. The topological polar surface area (TPSA) is 26.3 Å². The number of ketones is 1. The van der Waals surface area contributed by atoms with Crippen molar-refractivity contribution in [3.8, 4) is 0 Å². The van der Waals surface area contributed by atoms with Crippen molar-refractivity contribution < 1.29 is 9.53 Å². The third kappa shape index (κ3) is 4.30. The highest BCUT2D eigenvalue weighted by Gasteiger charge is 2.16. The Morgan fingerprint density at radius 1 is 1.30 bits per heavy atom. The number of ether oxygens (including phenoxy) is 1. The van der Waals surface area contributed by atoms with Crippen molar-refractivity contribution in [3.05, 3.63) is 63.3 Å². The van der Waals surface area contributed by atoms with E-state index in [2.05, 4.69) is 0 Å². The van der Waals surface area contributed by atoms with Gasteiger partial charge in [0.25, 0.3) is 0 Å². The molecule has 1 unspecified atom stereocenters. The van der Waals surface area contributed by atoms with E-state index in [-0.39, 0.29) is 5.78 Å². The van der Waals surface area contributed by atoms with Crippen molar-refractivity contribution in [2.75, 3.05) is 6.61 Å². The van der Waals surface area contributed by atoms with Gasteiger partial charge in [0.2, 0.25) is 5.78 Å². The van der Waals surface area contributed by atoms with E-state index in [1.165, 1.54) is 11.3 Å². The first-order chi connectivity index (χ1) is 9.66. The van der Waals surface area contributed by atoms with E-state index < -0.39 is 6.10 Å². The van der Waals surface area contributed by atoms with E-state index in [0.717, 1.165) is 5.56 Å². The lowest BCUT2D eigenvalue weighted by atomic mass is 10.2. The van der Waals surface area contributed by atoms with Gasteiger partial charge in [-0.3, -0.25) is 4.79 Å². The van der Waals surface area contributed by atoms with E-state index in [4.69, 9.17) is 16.3 Å². The van der Waals surface area contributed by atoms with Gasteiger partial charge in [-0.1, -0.05) is 54.1 Å². The molecular formula is C16H15ClO2S. The lowest BCUT2D eigenvalue weighted by molar-refractivity contribution is 0.0571. The Balaban J connectivity index is 1.82. The summed E-state index contributed by atoms with van der Waals surface area (Å²) in [4.78, 5) is 12.7. The fourth-order valence-corrected chi connectivity index (χ4v) is 2.73. The molecule has 2 rings (SSSR count). The minimum absolute atomic E-state index is 0.0324. The maximum atomic E-state index is 12.0. The van der Waals surface area contributed by atoms with Gasteiger partial charge in [0.15, 0.2) is 0 Å². The molecule has 0 N–H and O–H groups in total. The van der Waals surface area contributed by atoms with Gasteiger partial charge < -0.3 is 4.74 Å². The number of hydrogen-bond donors (Lipinski definition) is 0. The maximum Gasteiger partial charge on any atom is 0.201 e. The molecule has 1 heterocycles. The lowest BCUT2D eigenvalue weighted by Gasteiger charge is -2.08. The fraction of sp³-hybridized carbons (Fsp3) is 0.188. The number of thiophene rings is 1. The van der Waals surface area contributed by atoms with Crippen LogP contribution in [0.2, 0.25) is 4.34 Å².